The molecule has 1 aliphatic rings. The zero-order chi connectivity index (χ0) is 20.7. The first kappa shape index (κ1) is 19.5. The van der Waals surface area contributed by atoms with Gasteiger partial charge < -0.3 is 11.5 Å². The number of nitrogen functional groups attached to an aromatic ring is 1. The summed E-state index contributed by atoms with van der Waals surface area (Å²) in [5, 5.41) is 16.7. The third-order valence-electron chi connectivity index (χ3n) is 5.14. The highest BCUT2D eigenvalue weighted by molar-refractivity contribution is 8.14. The summed E-state index contributed by atoms with van der Waals surface area (Å²) in [7, 11) is 0. The molecule has 0 fully saturated rings. The Hall–Kier alpha value is -2.78. The molecular weight excluding hydrogens is 384 g/mol. The lowest BCUT2D eigenvalue weighted by atomic mass is 10.1. The summed E-state index contributed by atoms with van der Waals surface area (Å²) in [5.74, 6) is 0.724. The number of nitrogens with zero attached hydrogens (tertiary/aromatic N) is 6. The molecule has 3 heterocycles. The van der Waals surface area contributed by atoms with Crippen LogP contribution < -0.4 is 16.5 Å². The monoisotopic (exact) mass is 410 g/mol. The molecule has 0 spiro atoms. The fourth-order valence-corrected chi connectivity index (χ4v) is 4.41. The lowest BCUT2D eigenvalue weighted by Gasteiger charge is -2.15. The third kappa shape index (κ3) is 3.75. The van der Waals surface area contributed by atoms with Crippen molar-refractivity contribution in [3.05, 3.63) is 59.0 Å². The Balaban J connectivity index is 1.54. The molecule has 2 unspecified atom stereocenters. The minimum absolute atomic E-state index is 0.0155. The van der Waals surface area contributed by atoms with E-state index < -0.39 is 0 Å². The van der Waals surface area contributed by atoms with Gasteiger partial charge in [0.1, 0.15) is 5.04 Å². The van der Waals surface area contributed by atoms with E-state index in [4.69, 9.17) is 16.6 Å². The number of hydrazone groups is 1. The van der Waals surface area contributed by atoms with Crippen LogP contribution in [0.25, 0.3) is 0 Å². The molecule has 0 bridgehead atoms. The van der Waals surface area contributed by atoms with Crippen LogP contribution in [0.1, 0.15) is 35.5 Å². The molecule has 0 radical (unpaired) electrons. The van der Waals surface area contributed by atoms with Crippen molar-refractivity contribution in [3.63, 3.8) is 0 Å². The van der Waals surface area contributed by atoms with Gasteiger partial charge in [-0.1, -0.05) is 23.9 Å². The molecule has 2 aromatic heterocycles. The van der Waals surface area contributed by atoms with E-state index in [9.17, 15) is 0 Å². The largest absolute Gasteiger partial charge is 0.399 e. The van der Waals surface area contributed by atoms with Crippen molar-refractivity contribution >= 4 is 28.3 Å². The zero-order valence-corrected chi connectivity index (χ0v) is 17.9. The van der Waals surface area contributed by atoms with Gasteiger partial charge in [0.25, 0.3) is 0 Å². The van der Waals surface area contributed by atoms with Crippen LogP contribution in [0.5, 0.6) is 0 Å². The maximum absolute atomic E-state index is 6.35. The van der Waals surface area contributed by atoms with Gasteiger partial charge in [-0.3, -0.25) is 9.36 Å². The van der Waals surface area contributed by atoms with Crippen LogP contribution in [0.15, 0.2) is 41.6 Å². The van der Waals surface area contributed by atoms with Crippen molar-refractivity contribution in [2.45, 2.75) is 45.8 Å². The number of hydrogen-bond donors (Lipinski definition) is 2. The fraction of sp³-hybridized carbons (Fsp3) is 0.350. The summed E-state index contributed by atoms with van der Waals surface area (Å²) in [4.78, 5) is 0. The average molecular weight is 411 g/mol. The van der Waals surface area contributed by atoms with Gasteiger partial charge >= 0.3 is 0 Å². The molecule has 4 N–H and O–H groups in total. The van der Waals surface area contributed by atoms with Crippen LogP contribution in [0.2, 0.25) is 0 Å². The number of benzene rings is 1. The summed E-state index contributed by atoms with van der Waals surface area (Å²) < 4.78 is 3.87. The summed E-state index contributed by atoms with van der Waals surface area (Å²) in [6, 6.07) is 9.95. The Kier molecular flexibility index (Phi) is 5.10. The molecule has 8 nitrogen and oxygen atoms in total. The zero-order valence-electron chi connectivity index (χ0n) is 17.1. The molecule has 152 valence electrons. The molecule has 4 rings (SSSR count). The standard InChI is InChI=1S/C20H26N8S/c1-12-10-13(2)27(23-12)15(4)19-25-28(20(22)29-19)18-8-9-26(24-18)11-16-6-5-7-17(21)14(16)3/h5-10,15,20H,11,21-22H2,1-4H3. The van der Waals surface area contributed by atoms with Crippen molar-refractivity contribution in [1.29, 1.82) is 0 Å². The Morgan fingerprint density at radius 1 is 1.17 bits per heavy atom. The molecule has 1 aromatic carbocycles. The van der Waals surface area contributed by atoms with Gasteiger partial charge in [0, 0.05) is 23.6 Å². The van der Waals surface area contributed by atoms with Crippen LogP contribution in [-0.2, 0) is 6.54 Å². The summed E-state index contributed by atoms with van der Waals surface area (Å²) >= 11 is 1.53. The SMILES string of the molecule is Cc1cc(C)n(C(C)C2=NN(c3ccn(Cc4cccc(N)c4C)n3)C(N)S2)n1. The number of thioether (sulfide) groups is 1. The first-order chi connectivity index (χ1) is 13.8. The van der Waals surface area contributed by atoms with E-state index >= 15 is 0 Å². The number of anilines is 2. The topological polar surface area (TPSA) is 103 Å². The predicted molar refractivity (Wildman–Crippen MR) is 119 cm³/mol. The summed E-state index contributed by atoms with van der Waals surface area (Å²) in [6.45, 7) is 8.80. The third-order valence-corrected chi connectivity index (χ3v) is 6.24. The minimum Gasteiger partial charge on any atom is -0.399 e. The molecule has 3 aromatic rings. The van der Waals surface area contributed by atoms with E-state index in [-0.39, 0.29) is 11.5 Å². The first-order valence-electron chi connectivity index (χ1n) is 9.53. The van der Waals surface area contributed by atoms with Gasteiger partial charge in [-0.2, -0.15) is 15.3 Å². The quantitative estimate of drug-likeness (QED) is 0.627. The van der Waals surface area contributed by atoms with E-state index in [0.717, 1.165) is 39.1 Å². The second-order valence-electron chi connectivity index (χ2n) is 7.34. The number of rotatable bonds is 5. The van der Waals surface area contributed by atoms with Gasteiger partial charge in [0.15, 0.2) is 11.3 Å². The number of hydrogen-bond acceptors (Lipinski definition) is 7. The average Bonchev–Trinajstić information content (AvgIpc) is 3.37. The van der Waals surface area contributed by atoms with Crippen molar-refractivity contribution in [3.8, 4) is 0 Å². The highest BCUT2D eigenvalue weighted by atomic mass is 32.2. The van der Waals surface area contributed by atoms with Crippen LogP contribution in [0.3, 0.4) is 0 Å². The number of nitrogens with two attached hydrogens (primary N) is 2. The Morgan fingerprint density at radius 2 is 1.97 bits per heavy atom. The van der Waals surface area contributed by atoms with Crippen molar-refractivity contribution < 1.29 is 0 Å². The minimum atomic E-state index is -0.318. The van der Waals surface area contributed by atoms with E-state index in [1.165, 1.54) is 11.8 Å². The van der Waals surface area contributed by atoms with Gasteiger partial charge in [-0.25, -0.2) is 5.01 Å². The van der Waals surface area contributed by atoms with Gasteiger partial charge in [-0.05, 0) is 51.0 Å². The molecule has 2 atom stereocenters. The Labute approximate surface area is 174 Å². The van der Waals surface area contributed by atoms with Crippen molar-refractivity contribution in [2.24, 2.45) is 10.8 Å². The lowest BCUT2D eigenvalue weighted by molar-refractivity contribution is 0.591. The first-order valence-corrected chi connectivity index (χ1v) is 10.4. The van der Waals surface area contributed by atoms with Gasteiger partial charge in [0.05, 0.1) is 18.3 Å². The smallest absolute Gasteiger partial charge is 0.173 e. The van der Waals surface area contributed by atoms with Crippen LogP contribution in [0.4, 0.5) is 11.5 Å². The molecule has 9 heteroatoms. The molecule has 29 heavy (non-hydrogen) atoms. The van der Waals surface area contributed by atoms with Gasteiger partial charge in [-0.15, -0.1) is 0 Å². The molecule has 0 saturated carbocycles. The lowest BCUT2D eigenvalue weighted by Crippen LogP contribution is -2.32. The van der Waals surface area contributed by atoms with E-state index in [2.05, 4.69) is 29.3 Å². The molecule has 0 saturated heterocycles. The maximum Gasteiger partial charge on any atom is 0.173 e. The second-order valence-corrected chi connectivity index (χ2v) is 8.48. The number of aromatic nitrogens is 4. The molecule has 1 aliphatic heterocycles. The molecule has 0 amide bonds. The number of aryl methyl sites for hydroxylation is 2. The van der Waals surface area contributed by atoms with E-state index in [1.807, 2.05) is 54.5 Å². The second kappa shape index (κ2) is 7.57. The highest BCUT2D eigenvalue weighted by Gasteiger charge is 2.31. The van der Waals surface area contributed by atoms with E-state index in [0.29, 0.717) is 6.54 Å². The summed E-state index contributed by atoms with van der Waals surface area (Å²) in [6.07, 6.45) is 1.94. The van der Waals surface area contributed by atoms with Crippen molar-refractivity contribution in [1.82, 2.24) is 19.6 Å². The normalized spacial score (nSPS) is 17.6. The molecule has 0 aliphatic carbocycles. The van der Waals surface area contributed by atoms with E-state index in [1.54, 1.807) is 5.01 Å². The fourth-order valence-electron chi connectivity index (χ4n) is 3.48. The highest BCUT2D eigenvalue weighted by Crippen LogP contribution is 2.32. The van der Waals surface area contributed by atoms with Crippen LogP contribution in [-0.4, -0.2) is 30.1 Å². The van der Waals surface area contributed by atoms with Crippen molar-refractivity contribution in [2.75, 3.05) is 10.7 Å². The van der Waals surface area contributed by atoms with Crippen LogP contribution in [0, 0.1) is 20.8 Å². The predicted octanol–water partition coefficient (Wildman–Crippen LogP) is 3.01. The Morgan fingerprint density at radius 3 is 2.69 bits per heavy atom. The van der Waals surface area contributed by atoms with Crippen LogP contribution >= 0.6 is 11.8 Å². The summed E-state index contributed by atoms with van der Waals surface area (Å²) in [5.41, 5.74) is 17.2. The maximum atomic E-state index is 6.35. The Bertz CT molecular complexity index is 1070. The molecular formula is C20H26N8S. The van der Waals surface area contributed by atoms with Gasteiger partial charge in [0.2, 0.25) is 0 Å².